The Kier molecular flexibility index (Phi) is 2.67. The zero-order chi connectivity index (χ0) is 13.9. The number of carbonyl (C=O) groups excluding carboxylic acids is 2. The van der Waals surface area contributed by atoms with Crippen molar-refractivity contribution in [2.45, 2.75) is 57.4 Å². The lowest BCUT2D eigenvalue weighted by Gasteiger charge is -2.56. The van der Waals surface area contributed by atoms with Crippen LogP contribution in [0.25, 0.3) is 0 Å². The lowest BCUT2D eigenvalue weighted by molar-refractivity contribution is -0.310. The van der Waals surface area contributed by atoms with Crippen molar-refractivity contribution in [2.75, 3.05) is 6.54 Å². The summed E-state index contributed by atoms with van der Waals surface area (Å²) >= 11 is 0. The van der Waals surface area contributed by atoms with Crippen molar-refractivity contribution in [1.82, 2.24) is 4.90 Å². The number of rotatable bonds is 2. The van der Waals surface area contributed by atoms with Crippen molar-refractivity contribution in [3.8, 4) is 0 Å². The topological polar surface area (TPSA) is 60.4 Å². The minimum atomic E-state index is -1.07. The number of nitrogens with zero attached hydrogens (tertiary/aromatic N) is 1. The fraction of sp³-hybridized carbons (Fsp3) is 0.875. The Labute approximate surface area is 119 Å². The minimum absolute atomic E-state index is 0.142. The van der Waals surface area contributed by atoms with E-state index in [4.69, 9.17) is 0 Å². The standard InChI is InChI=1S/C16H23NO3/c18-14(19)13-2-1-3-17(13)15(20)16-7-10-4-11(8-16)6-12(5-10)9-16/h10-13H,1-9H2,(H,18,19)/p-1/t10?,11?,12?,13-,16?/m1/s1. The zero-order valence-electron chi connectivity index (χ0n) is 11.8. The maximum absolute atomic E-state index is 13.0. The quantitative estimate of drug-likeness (QED) is 0.754. The molecule has 4 saturated carbocycles. The Morgan fingerprint density at radius 1 is 1.00 bits per heavy atom. The molecule has 4 bridgehead atoms. The van der Waals surface area contributed by atoms with Gasteiger partial charge in [-0.3, -0.25) is 4.79 Å². The van der Waals surface area contributed by atoms with Gasteiger partial charge < -0.3 is 14.8 Å². The highest BCUT2D eigenvalue weighted by atomic mass is 16.4. The van der Waals surface area contributed by atoms with E-state index >= 15 is 0 Å². The van der Waals surface area contributed by atoms with Crippen molar-refractivity contribution in [3.05, 3.63) is 0 Å². The lowest BCUT2D eigenvalue weighted by atomic mass is 9.49. The number of hydrogen-bond acceptors (Lipinski definition) is 3. The molecule has 0 aromatic heterocycles. The second-order valence-corrected chi connectivity index (χ2v) is 7.67. The number of likely N-dealkylation sites (tertiary alicyclic amines) is 1. The van der Waals surface area contributed by atoms with Gasteiger partial charge in [0, 0.05) is 6.54 Å². The van der Waals surface area contributed by atoms with E-state index in [1.807, 2.05) is 0 Å². The third kappa shape index (κ3) is 1.73. The fourth-order valence-electron chi connectivity index (χ4n) is 5.93. The molecule has 1 aliphatic heterocycles. The van der Waals surface area contributed by atoms with Gasteiger partial charge in [-0.2, -0.15) is 0 Å². The number of hydrogen-bond donors (Lipinski definition) is 0. The molecule has 0 N–H and O–H groups in total. The average Bonchev–Trinajstić information content (AvgIpc) is 2.85. The third-order valence-corrected chi connectivity index (χ3v) is 6.28. The molecule has 5 aliphatic rings. The van der Waals surface area contributed by atoms with Gasteiger partial charge in [0.05, 0.1) is 17.4 Å². The molecule has 0 spiro atoms. The van der Waals surface area contributed by atoms with Gasteiger partial charge in [-0.25, -0.2) is 0 Å². The SMILES string of the molecule is O=C([O-])[C@H]1CCCN1C(=O)C12CC3CC(CC(C3)C1)C2. The summed E-state index contributed by atoms with van der Waals surface area (Å²) in [5.74, 6) is 1.22. The highest BCUT2D eigenvalue weighted by Gasteiger charge is 2.56. The van der Waals surface area contributed by atoms with Crippen molar-refractivity contribution >= 4 is 11.9 Å². The van der Waals surface area contributed by atoms with E-state index < -0.39 is 12.0 Å². The zero-order valence-corrected chi connectivity index (χ0v) is 11.8. The molecular weight excluding hydrogens is 254 g/mol. The molecule has 0 aromatic rings. The van der Waals surface area contributed by atoms with Crippen LogP contribution in [0.4, 0.5) is 0 Å². The first kappa shape index (κ1) is 12.7. The number of carboxylic acid groups (broad SMARTS) is 1. The van der Waals surface area contributed by atoms with Crippen molar-refractivity contribution in [1.29, 1.82) is 0 Å². The predicted octanol–water partition coefficient (Wildman–Crippen LogP) is 0.944. The number of amides is 1. The van der Waals surface area contributed by atoms with Crippen molar-refractivity contribution < 1.29 is 14.7 Å². The molecule has 0 radical (unpaired) electrons. The van der Waals surface area contributed by atoms with Gasteiger partial charge in [0.25, 0.3) is 0 Å². The van der Waals surface area contributed by atoms with E-state index in [9.17, 15) is 14.7 Å². The van der Waals surface area contributed by atoms with Gasteiger partial charge in [-0.15, -0.1) is 0 Å². The summed E-state index contributed by atoms with van der Waals surface area (Å²) in [6, 6.07) is -0.671. The molecule has 4 aliphatic carbocycles. The molecule has 1 amide bonds. The fourth-order valence-corrected chi connectivity index (χ4v) is 5.93. The van der Waals surface area contributed by atoms with Crippen LogP contribution in [0.5, 0.6) is 0 Å². The minimum Gasteiger partial charge on any atom is -0.548 e. The molecule has 1 saturated heterocycles. The third-order valence-electron chi connectivity index (χ3n) is 6.28. The van der Waals surface area contributed by atoms with Crippen LogP contribution >= 0.6 is 0 Å². The largest absolute Gasteiger partial charge is 0.548 e. The van der Waals surface area contributed by atoms with Crippen LogP contribution in [0.3, 0.4) is 0 Å². The average molecular weight is 276 g/mol. The molecule has 110 valence electrons. The summed E-state index contributed by atoms with van der Waals surface area (Å²) in [6.45, 7) is 0.610. The van der Waals surface area contributed by atoms with Gasteiger partial charge in [-0.1, -0.05) is 0 Å². The predicted molar refractivity (Wildman–Crippen MR) is 70.3 cm³/mol. The first-order chi connectivity index (χ1) is 9.57. The first-order valence-electron chi connectivity index (χ1n) is 8.09. The highest BCUT2D eigenvalue weighted by molar-refractivity contribution is 5.88. The van der Waals surface area contributed by atoms with Gasteiger partial charge >= 0.3 is 0 Å². The molecule has 4 heteroatoms. The van der Waals surface area contributed by atoms with E-state index in [1.54, 1.807) is 4.90 Å². The summed E-state index contributed by atoms with van der Waals surface area (Å²) in [5, 5.41) is 11.2. The van der Waals surface area contributed by atoms with E-state index in [0.717, 1.165) is 25.7 Å². The molecule has 1 heterocycles. The molecule has 4 nitrogen and oxygen atoms in total. The van der Waals surface area contributed by atoms with E-state index in [0.29, 0.717) is 30.7 Å². The lowest BCUT2D eigenvalue weighted by Crippen LogP contribution is -2.57. The summed E-state index contributed by atoms with van der Waals surface area (Å²) in [4.78, 5) is 25.9. The van der Waals surface area contributed by atoms with Crippen LogP contribution < -0.4 is 5.11 Å². The molecule has 0 unspecified atom stereocenters. The van der Waals surface area contributed by atoms with E-state index in [2.05, 4.69) is 0 Å². The summed E-state index contributed by atoms with van der Waals surface area (Å²) in [7, 11) is 0. The monoisotopic (exact) mass is 276 g/mol. The summed E-state index contributed by atoms with van der Waals surface area (Å²) in [5.41, 5.74) is -0.215. The first-order valence-corrected chi connectivity index (χ1v) is 8.09. The number of carbonyl (C=O) groups is 2. The second kappa shape index (κ2) is 4.22. The van der Waals surface area contributed by atoms with Gasteiger partial charge in [-0.05, 0) is 69.1 Å². The normalized spacial score (nSPS) is 45.9. The van der Waals surface area contributed by atoms with Crippen LogP contribution in [0.2, 0.25) is 0 Å². The van der Waals surface area contributed by atoms with Gasteiger partial charge in [0.1, 0.15) is 0 Å². The highest BCUT2D eigenvalue weighted by Crippen LogP contribution is 2.60. The summed E-state index contributed by atoms with van der Waals surface area (Å²) < 4.78 is 0. The van der Waals surface area contributed by atoms with Gasteiger partial charge in [0.2, 0.25) is 5.91 Å². The smallest absolute Gasteiger partial charge is 0.229 e. The molecule has 5 rings (SSSR count). The molecule has 5 fully saturated rings. The van der Waals surface area contributed by atoms with E-state index in [-0.39, 0.29) is 11.3 Å². The van der Waals surface area contributed by atoms with E-state index in [1.165, 1.54) is 19.3 Å². The number of aliphatic carboxylic acids is 1. The molecular formula is C16H22NO3-. The summed E-state index contributed by atoms with van der Waals surface area (Å²) in [6.07, 6.45) is 8.30. The molecule has 1 atom stereocenters. The number of carboxylic acids is 1. The molecule has 0 aromatic carbocycles. The van der Waals surface area contributed by atoms with Crippen molar-refractivity contribution in [2.24, 2.45) is 23.2 Å². The second-order valence-electron chi connectivity index (χ2n) is 7.67. The van der Waals surface area contributed by atoms with Crippen molar-refractivity contribution in [3.63, 3.8) is 0 Å². The van der Waals surface area contributed by atoms with Gasteiger partial charge in [0.15, 0.2) is 0 Å². The Morgan fingerprint density at radius 2 is 1.55 bits per heavy atom. The maximum atomic E-state index is 13.0. The Morgan fingerprint density at radius 3 is 2.05 bits per heavy atom. The van der Waals surface area contributed by atoms with Crippen LogP contribution in [0.1, 0.15) is 51.4 Å². The molecule has 20 heavy (non-hydrogen) atoms. The van der Waals surface area contributed by atoms with Crippen LogP contribution in [0, 0.1) is 23.2 Å². The maximum Gasteiger partial charge on any atom is 0.229 e. The Hall–Kier alpha value is -1.06. The Bertz CT molecular complexity index is 423. The van der Waals surface area contributed by atoms with Crippen LogP contribution in [0.15, 0.2) is 0 Å². The Balaban J connectivity index is 1.60. The van der Waals surface area contributed by atoms with Crippen LogP contribution in [-0.4, -0.2) is 29.4 Å². The van der Waals surface area contributed by atoms with Crippen LogP contribution in [-0.2, 0) is 9.59 Å².